The lowest BCUT2D eigenvalue weighted by Crippen LogP contribution is -2.30. The van der Waals surface area contributed by atoms with E-state index < -0.39 is 97.5 Å². The maximum atomic E-state index is 13.2. The number of carbonyl (C=O) groups excluding carboxylic acids is 4. The van der Waals surface area contributed by atoms with Gasteiger partial charge in [0.1, 0.15) is 19.3 Å². The van der Waals surface area contributed by atoms with Crippen molar-refractivity contribution in [3.05, 3.63) is 0 Å². The van der Waals surface area contributed by atoms with Gasteiger partial charge in [0.2, 0.25) is 0 Å². The van der Waals surface area contributed by atoms with Gasteiger partial charge in [-0.2, -0.15) is 0 Å². The summed E-state index contributed by atoms with van der Waals surface area (Å²) in [5.41, 5.74) is 0. The summed E-state index contributed by atoms with van der Waals surface area (Å²) in [5.74, 6) is 1.04. The van der Waals surface area contributed by atoms with E-state index >= 15 is 0 Å². The Morgan fingerprint density at radius 1 is 0.236 bits per heavy atom. The minimum absolute atomic E-state index is 0.107. The van der Waals surface area contributed by atoms with Gasteiger partial charge < -0.3 is 33.8 Å². The first-order valence-corrected chi connectivity index (χ1v) is 47.7. The normalized spacial score (nSPS) is 13.9. The van der Waals surface area contributed by atoms with Crippen molar-refractivity contribution in [1.82, 2.24) is 0 Å². The molecule has 0 saturated heterocycles. The molecule has 0 aromatic heterocycles. The van der Waals surface area contributed by atoms with E-state index in [-0.39, 0.29) is 25.7 Å². The fraction of sp³-hybridized carbons (Fsp3) is 0.954. The quantitative estimate of drug-likeness (QED) is 0.0222. The van der Waals surface area contributed by atoms with Crippen molar-refractivity contribution in [1.29, 1.82) is 0 Å². The second kappa shape index (κ2) is 75.7. The van der Waals surface area contributed by atoms with Gasteiger partial charge in [0.25, 0.3) is 0 Å². The molecule has 0 rings (SSSR count). The van der Waals surface area contributed by atoms with Crippen molar-refractivity contribution in [2.45, 2.75) is 472 Å². The highest BCUT2D eigenvalue weighted by Crippen LogP contribution is 2.45. The Balaban J connectivity index is 5.25. The Bertz CT molecular complexity index is 2060. The van der Waals surface area contributed by atoms with Gasteiger partial charge in [-0.1, -0.05) is 402 Å². The van der Waals surface area contributed by atoms with Gasteiger partial charge in [-0.15, -0.1) is 0 Å². The summed E-state index contributed by atoms with van der Waals surface area (Å²) in [7, 11) is -9.93. The van der Waals surface area contributed by atoms with Crippen LogP contribution in [0.5, 0.6) is 0 Å². The van der Waals surface area contributed by atoms with Gasteiger partial charge in [-0.25, -0.2) is 9.13 Å². The van der Waals surface area contributed by atoms with Crippen LogP contribution < -0.4 is 0 Å². The molecule has 19 heteroatoms. The molecule has 0 bridgehead atoms. The highest BCUT2D eigenvalue weighted by molar-refractivity contribution is 7.47. The smallest absolute Gasteiger partial charge is 0.462 e. The van der Waals surface area contributed by atoms with Crippen LogP contribution in [-0.2, 0) is 65.4 Å². The second-order valence-corrected chi connectivity index (χ2v) is 36.1. The number of aliphatic hydroxyl groups is 1. The van der Waals surface area contributed by atoms with Gasteiger partial charge in [0.05, 0.1) is 26.4 Å². The predicted octanol–water partition coefficient (Wildman–Crippen LogP) is 26.3. The molecule has 5 atom stereocenters. The number of hydrogen-bond donors (Lipinski definition) is 3. The van der Waals surface area contributed by atoms with Crippen LogP contribution in [0.25, 0.3) is 0 Å². The molecule has 630 valence electrons. The first-order valence-electron chi connectivity index (χ1n) is 44.7. The van der Waals surface area contributed by atoms with Gasteiger partial charge >= 0.3 is 39.5 Å². The molecule has 0 aliphatic rings. The largest absolute Gasteiger partial charge is 0.472 e. The van der Waals surface area contributed by atoms with E-state index in [1.165, 1.54) is 257 Å². The maximum absolute atomic E-state index is 13.2. The number of phosphoric acid groups is 2. The molecule has 0 fully saturated rings. The van der Waals surface area contributed by atoms with E-state index in [1.54, 1.807) is 0 Å². The molecule has 0 aliphatic carbocycles. The fourth-order valence-corrected chi connectivity index (χ4v) is 15.1. The lowest BCUT2D eigenvalue weighted by atomic mass is 10.0. The number of phosphoric ester groups is 2. The molecule has 0 saturated carbocycles. The highest BCUT2D eigenvalue weighted by atomic mass is 31.2. The number of rotatable bonds is 84. The van der Waals surface area contributed by atoms with E-state index in [2.05, 4.69) is 55.4 Å². The topological polar surface area (TPSA) is 237 Å². The Morgan fingerprint density at radius 3 is 0.585 bits per heavy atom. The summed E-state index contributed by atoms with van der Waals surface area (Å²) in [6.07, 6.45) is 65.3. The van der Waals surface area contributed by atoms with Crippen molar-refractivity contribution in [2.24, 2.45) is 23.7 Å². The molecular weight excluding hydrogens is 1380 g/mol. The van der Waals surface area contributed by atoms with Crippen LogP contribution in [0.3, 0.4) is 0 Å². The van der Waals surface area contributed by atoms with E-state index in [9.17, 15) is 43.2 Å². The molecule has 2 unspecified atom stereocenters. The standard InChI is InChI=1S/C87H170O17P2/c1-77(2)63-55-47-39-31-25-19-13-9-11-15-22-28-34-43-51-59-67-84(89)97-73-82(103-86(91)69-61-53-45-35-29-23-16-12-10-14-20-26-32-40-48-56-64-78(3)4)75-101-105(93,94)99-71-81(88)72-100-106(95,96)102-76-83(74-98-85(90)68-60-52-44-38-37-42-50-58-66-80(7)8)104-87(92)70-62-54-46-36-30-24-18-17-21-27-33-41-49-57-65-79(5)6/h77-83,88H,9-76H2,1-8H3,(H,93,94)(H,95,96)/t81-,82-,83-/m1/s1. The number of hydrogen-bond acceptors (Lipinski definition) is 15. The molecule has 17 nitrogen and oxygen atoms in total. The molecule has 3 N–H and O–H groups in total. The van der Waals surface area contributed by atoms with Crippen molar-refractivity contribution in [2.75, 3.05) is 39.6 Å². The van der Waals surface area contributed by atoms with Crippen molar-refractivity contribution in [3.8, 4) is 0 Å². The zero-order valence-corrected chi connectivity index (χ0v) is 71.9. The number of carbonyl (C=O) groups is 4. The average molecular weight is 1550 g/mol. The average Bonchev–Trinajstić information content (AvgIpc) is 0.902. The Kier molecular flexibility index (Phi) is 74.3. The summed E-state index contributed by atoms with van der Waals surface area (Å²) >= 11 is 0. The van der Waals surface area contributed by atoms with E-state index in [1.807, 2.05) is 0 Å². The Labute approximate surface area is 651 Å². The number of aliphatic hydroxyl groups excluding tert-OH is 1. The van der Waals surface area contributed by atoms with E-state index in [4.69, 9.17) is 37.0 Å². The third kappa shape index (κ3) is 80.1. The van der Waals surface area contributed by atoms with Gasteiger partial charge in [-0.3, -0.25) is 37.3 Å². The third-order valence-electron chi connectivity index (χ3n) is 20.3. The summed E-state index contributed by atoms with van der Waals surface area (Å²) in [6.45, 7) is 14.3. The van der Waals surface area contributed by atoms with Crippen LogP contribution in [0.2, 0.25) is 0 Å². The summed E-state index contributed by atoms with van der Waals surface area (Å²) < 4.78 is 68.9. The van der Waals surface area contributed by atoms with Crippen LogP contribution in [0.4, 0.5) is 0 Å². The summed E-state index contributed by atoms with van der Waals surface area (Å²) in [5, 5.41) is 10.7. The fourth-order valence-electron chi connectivity index (χ4n) is 13.5. The number of ether oxygens (including phenoxy) is 4. The van der Waals surface area contributed by atoms with Gasteiger partial charge in [0, 0.05) is 25.7 Å². The Hall–Kier alpha value is -1.94. The summed E-state index contributed by atoms with van der Waals surface area (Å²) in [6, 6.07) is 0. The van der Waals surface area contributed by atoms with E-state index in [0.717, 1.165) is 114 Å². The lowest BCUT2D eigenvalue weighted by molar-refractivity contribution is -0.161. The van der Waals surface area contributed by atoms with Crippen molar-refractivity contribution >= 4 is 39.5 Å². The molecule has 0 aromatic rings. The molecule has 0 heterocycles. The predicted molar refractivity (Wildman–Crippen MR) is 437 cm³/mol. The Morgan fingerprint density at radius 2 is 0.396 bits per heavy atom. The maximum Gasteiger partial charge on any atom is 0.472 e. The van der Waals surface area contributed by atoms with Crippen LogP contribution in [0.1, 0.15) is 453 Å². The van der Waals surface area contributed by atoms with Crippen LogP contribution in [0.15, 0.2) is 0 Å². The van der Waals surface area contributed by atoms with Crippen LogP contribution in [0, 0.1) is 23.7 Å². The van der Waals surface area contributed by atoms with Crippen molar-refractivity contribution < 1.29 is 80.2 Å². The van der Waals surface area contributed by atoms with E-state index in [0.29, 0.717) is 25.7 Å². The lowest BCUT2D eigenvalue weighted by Gasteiger charge is -2.21. The molecular formula is C87H170O17P2. The first kappa shape index (κ1) is 104. The SMILES string of the molecule is CC(C)CCCCCCCCCCCCCCCCCCC(=O)OC[C@H](COP(=O)(O)OC[C@@H](O)COP(=O)(O)OC[C@@H](COC(=O)CCCCCCCCCCC(C)C)OC(=O)CCCCCCCCCCCCCCCCC(C)C)OC(=O)CCCCCCCCCCCCCCCCCCC(C)C. The van der Waals surface area contributed by atoms with Crippen LogP contribution >= 0.6 is 15.6 Å². The van der Waals surface area contributed by atoms with Gasteiger partial charge in [0.15, 0.2) is 12.2 Å². The minimum Gasteiger partial charge on any atom is -0.462 e. The molecule has 0 aliphatic heterocycles. The summed E-state index contributed by atoms with van der Waals surface area (Å²) in [4.78, 5) is 73.3. The zero-order chi connectivity index (χ0) is 78.1. The highest BCUT2D eigenvalue weighted by Gasteiger charge is 2.31. The molecule has 0 aromatic carbocycles. The number of unbranched alkanes of at least 4 members (excludes halogenated alkanes) is 50. The van der Waals surface area contributed by atoms with Crippen molar-refractivity contribution in [3.63, 3.8) is 0 Å². The molecule has 106 heavy (non-hydrogen) atoms. The number of esters is 4. The molecule has 0 amide bonds. The zero-order valence-electron chi connectivity index (χ0n) is 70.1. The third-order valence-corrected chi connectivity index (χ3v) is 22.2. The second-order valence-electron chi connectivity index (χ2n) is 33.2. The van der Waals surface area contributed by atoms with Crippen LogP contribution in [-0.4, -0.2) is 96.7 Å². The minimum atomic E-state index is -4.97. The first-order chi connectivity index (χ1) is 51.1. The van der Waals surface area contributed by atoms with Gasteiger partial charge in [-0.05, 0) is 49.4 Å². The molecule has 0 radical (unpaired) electrons. The molecule has 0 spiro atoms. The monoisotopic (exact) mass is 1550 g/mol.